The predicted molar refractivity (Wildman–Crippen MR) is 114 cm³/mol. The second kappa shape index (κ2) is 8.34. The highest BCUT2D eigenvalue weighted by atomic mass is 16.5. The number of rotatable bonds is 6. The molecule has 1 amide bonds. The summed E-state index contributed by atoms with van der Waals surface area (Å²) in [6.07, 6.45) is 1.83. The third-order valence-electron chi connectivity index (χ3n) is 5.03. The van der Waals surface area contributed by atoms with Gasteiger partial charge in [0, 0.05) is 29.4 Å². The van der Waals surface area contributed by atoms with Crippen LogP contribution in [0.3, 0.4) is 0 Å². The average molecular weight is 403 g/mol. The highest BCUT2D eigenvalue weighted by Crippen LogP contribution is 2.26. The summed E-state index contributed by atoms with van der Waals surface area (Å²) in [5, 5.41) is 13.3. The fraction of sp³-hybridized carbons (Fsp3) is 0.174. The molecule has 0 spiro atoms. The van der Waals surface area contributed by atoms with Crippen molar-refractivity contribution in [2.24, 2.45) is 0 Å². The Kier molecular flexibility index (Phi) is 5.45. The quantitative estimate of drug-likeness (QED) is 0.615. The van der Waals surface area contributed by atoms with Crippen LogP contribution in [-0.2, 0) is 14.3 Å². The third kappa shape index (κ3) is 3.75. The Morgan fingerprint density at radius 1 is 1.17 bits per heavy atom. The minimum Gasteiger partial charge on any atom is -0.466 e. The Morgan fingerprint density at radius 3 is 2.67 bits per heavy atom. The van der Waals surface area contributed by atoms with Crippen molar-refractivity contribution in [3.8, 4) is 11.1 Å². The Bertz CT molecular complexity index is 1140. The summed E-state index contributed by atoms with van der Waals surface area (Å²) in [7, 11) is 1.28. The van der Waals surface area contributed by atoms with Crippen LogP contribution in [0, 0.1) is 0 Å². The maximum Gasteiger partial charge on any atom is 0.337 e. The molecule has 152 valence electrons. The fourth-order valence-electron chi connectivity index (χ4n) is 3.47. The van der Waals surface area contributed by atoms with Gasteiger partial charge in [0.25, 0.3) is 5.91 Å². The van der Waals surface area contributed by atoms with Crippen molar-refractivity contribution in [3.05, 3.63) is 72.1 Å². The first-order chi connectivity index (χ1) is 14.6. The summed E-state index contributed by atoms with van der Waals surface area (Å²) in [6.45, 7) is 0.0790. The number of aliphatic hydroxyl groups is 1. The standard InChI is InChI=1S/C23H21N3O4/c1-30-23(29)19-14-26(10-11-27)22(28)21(19)25-18-8-6-15(7-9-18)17-12-16-4-2-3-5-20(16)24-13-17/h2-9,12-13,25,27H,10-11,14H2,1H3. The lowest BCUT2D eigenvalue weighted by molar-refractivity contribution is -0.136. The number of hydrogen-bond acceptors (Lipinski definition) is 6. The van der Waals surface area contributed by atoms with Gasteiger partial charge in [-0.3, -0.25) is 9.78 Å². The molecular weight excluding hydrogens is 382 g/mol. The van der Waals surface area contributed by atoms with Crippen LogP contribution < -0.4 is 5.32 Å². The predicted octanol–water partition coefficient (Wildman–Crippen LogP) is 2.58. The zero-order chi connectivity index (χ0) is 21.1. The van der Waals surface area contributed by atoms with Gasteiger partial charge < -0.3 is 20.1 Å². The number of aliphatic hydroxyl groups excluding tert-OH is 1. The number of esters is 1. The number of carbonyl (C=O) groups excluding carboxylic acids is 2. The fourth-order valence-corrected chi connectivity index (χ4v) is 3.47. The van der Waals surface area contributed by atoms with E-state index in [-0.39, 0.29) is 36.9 Å². The molecule has 1 aromatic heterocycles. The average Bonchev–Trinajstić information content (AvgIpc) is 3.09. The lowest BCUT2D eigenvalue weighted by Gasteiger charge is -2.15. The molecule has 2 heterocycles. The van der Waals surface area contributed by atoms with E-state index < -0.39 is 5.97 Å². The number of amides is 1. The Morgan fingerprint density at radius 2 is 1.93 bits per heavy atom. The minimum atomic E-state index is -0.565. The van der Waals surface area contributed by atoms with E-state index in [9.17, 15) is 9.59 Å². The topological polar surface area (TPSA) is 91.8 Å². The molecule has 2 aromatic carbocycles. The van der Waals surface area contributed by atoms with Crippen molar-refractivity contribution < 1.29 is 19.4 Å². The number of β-amino-alcohol motifs (C(OH)–C–C–N with tert-alkyl or cyclic N) is 1. The van der Waals surface area contributed by atoms with Gasteiger partial charge in [0.2, 0.25) is 0 Å². The van der Waals surface area contributed by atoms with Crippen molar-refractivity contribution in [2.75, 3.05) is 32.1 Å². The van der Waals surface area contributed by atoms with Gasteiger partial charge in [0.1, 0.15) is 5.70 Å². The first-order valence-electron chi connectivity index (χ1n) is 9.54. The second-order valence-electron chi connectivity index (χ2n) is 6.91. The number of methoxy groups -OCH3 is 1. The molecule has 4 rings (SSSR count). The van der Waals surface area contributed by atoms with E-state index in [0.717, 1.165) is 22.0 Å². The van der Waals surface area contributed by atoms with Crippen LogP contribution in [0.15, 0.2) is 72.1 Å². The molecule has 0 saturated carbocycles. The van der Waals surface area contributed by atoms with Gasteiger partial charge in [-0.25, -0.2) is 4.79 Å². The summed E-state index contributed by atoms with van der Waals surface area (Å²) < 4.78 is 4.80. The molecule has 0 bridgehead atoms. The molecule has 0 unspecified atom stereocenters. The number of anilines is 1. The normalized spacial score (nSPS) is 13.8. The Hall–Kier alpha value is -3.71. The smallest absolute Gasteiger partial charge is 0.337 e. The van der Waals surface area contributed by atoms with Crippen LogP contribution in [0.1, 0.15) is 0 Å². The molecule has 1 aliphatic rings. The molecule has 1 aliphatic heterocycles. The molecule has 0 saturated heterocycles. The van der Waals surface area contributed by atoms with Crippen molar-refractivity contribution in [3.63, 3.8) is 0 Å². The SMILES string of the molecule is COC(=O)C1=C(Nc2ccc(-c3cnc4ccccc4c3)cc2)C(=O)N(CCO)C1. The first kappa shape index (κ1) is 19.6. The van der Waals surface area contributed by atoms with E-state index in [0.29, 0.717) is 5.69 Å². The number of hydrogen-bond donors (Lipinski definition) is 2. The number of nitrogens with zero attached hydrogens (tertiary/aromatic N) is 2. The zero-order valence-electron chi connectivity index (χ0n) is 16.5. The molecule has 7 heteroatoms. The maximum absolute atomic E-state index is 12.6. The molecule has 3 aromatic rings. The van der Waals surface area contributed by atoms with E-state index in [2.05, 4.69) is 16.4 Å². The summed E-state index contributed by atoms with van der Waals surface area (Å²) in [4.78, 5) is 30.6. The number of fused-ring (bicyclic) bond motifs is 1. The molecular formula is C23H21N3O4. The molecule has 0 fully saturated rings. The van der Waals surface area contributed by atoms with Crippen LogP contribution in [0.25, 0.3) is 22.0 Å². The van der Waals surface area contributed by atoms with Gasteiger partial charge in [0.15, 0.2) is 0 Å². The Balaban J connectivity index is 1.58. The van der Waals surface area contributed by atoms with E-state index in [1.54, 1.807) is 0 Å². The van der Waals surface area contributed by atoms with Gasteiger partial charge >= 0.3 is 5.97 Å². The zero-order valence-corrected chi connectivity index (χ0v) is 16.5. The number of aromatic nitrogens is 1. The monoisotopic (exact) mass is 403 g/mol. The van der Waals surface area contributed by atoms with Gasteiger partial charge in [-0.15, -0.1) is 0 Å². The summed E-state index contributed by atoms with van der Waals surface area (Å²) in [6, 6.07) is 17.5. The van der Waals surface area contributed by atoms with Crippen LogP contribution >= 0.6 is 0 Å². The molecule has 0 atom stereocenters. The van der Waals surface area contributed by atoms with E-state index in [4.69, 9.17) is 9.84 Å². The number of carbonyl (C=O) groups is 2. The van der Waals surface area contributed by atoms with Crippen molar-refractivity contribution in [1.29, 1.82) is 0 Å². The summed E-state index contributed by atoms with van der Waals surface area (Å²) >= 11 is 0. The number of pyridine rings is 1. The number of ether oxygens (including phenoxy) is 1. The second-order valence-corrected chi connectivity index (χ2v) is 6.91. The minimum absolute atomic E-state index is 0.106. The van der Waals surface area contributed by atoms with Gasteiger partial charge in [-0.2, -0.15) is 0 Å². The largest absolute Gasteiger partial charge is 0.466 e. The summed E-state index contributed by atoms with van der Waals surface area (Å²) in [5.41, 5.74) is 4.01. The van der Waals surface area contributed by atoms with Crippen molar-refractivity contribution in [2.45, 2.75) is 0 Å². The first-order valence-corrected chi connectivity index (χ1v) is 9.54. The van der Waals surface area contributed by atoms with E-state index >= 15 is 0 Å². The third-order valence-corrected chi connectivity index (χ3v) is 5.03. The highest BCUT2D eigenvalue weighted by molar-refractivity contribution is 6.08. The lowest BCUT2D eigenvalue weighted by Crippen LogP contribution is -2.31. The molecule has 7 nitrogen and oxygen atoms in total. The Labute approximate surface area is 173 Å². The number of nitrogens with one attached hydrogen (secondary N) is 1. The molecule has 2 N–H and O–H groups in total. The lowest BCUT2D eigenvalue weighted by atomic mass is 10.0. The molecule has 0 aliphatic carbocycles. The van der Waals surface area contributed by atoms with E-state index in [1.165, 1.54) is 12.0 Å². The number of benzene rings is 2. The van der Waals surface area contributed by atoms with Gasteiger partial charge in [-0.1, -0.05) is 30.3 Å². The highest BCUT2D eigenvalue weighted by Gasteiger charge is 2.34. The maximum atomic E-state index is 12.6. The van der Waals surface area contributed by atoms with Gasteiger partial charge in [-0.05, 0) is 29.8 Å². The van der Waals surface area contributed by atoms with Gasteiger partial charge in [0.05, 0.1) is 31.4 Å². The van der Waals surface area contributed by atoms with Crippen LogP contribution in [0.5, 0.6) is 0 Å². The van der Waals surface area contributed by atoms with Crippen molar-refractivity contribution >= 4 is 28.5 Å². The van der Waals surface area contributed by atoms with E-state index in [1.807, 2.05) is 54.7 Å². The molecule has 30 heavy (non-hydrogen) atoms. The summed E-state index contributed by atoms with van der Waals surface area (Å²) in [5.74, 6) is -0.905. The van der Waals surface area contributed by atoms with Crippen LogP contribution in [-0.4, -0.2) is 53.7 Å². The van der Waals surface area contributed by atoms with Crippen molar-refractivity contribution in [1.82, 2.24) is 9.88 Å². The van der Waals surface area contributed by atoms with Crippen LogP contribution in [0.2, 0.25) is 0 Å². The van der Waals surface area contributed by atoms with Crippen LogP contribution in [0.4, 0.5) is 5.69 Å². The number of para-hydroxylation sites is 1. The molecule has 0 radical (unpaired) electrons.